The Morgan fingerprint density at radius 2 is 1.78 bits per heavy atom. The molecule has 0 aliphatic heterocycles. The quantitative estimate of drug-likeness (QED) is 0.247. The van der Waals surface area contributed by atoms with Gasteiger partial charge in [0.15, 0.2) is 0 Å². The Hall–Kier alpha value is -4.15. The molecule has 1 atom stereocenters. The molecule has 0 radical (unpaired) electrons. The number of nitrogens with one attached hydrogen (secondary N) is 3. The van der Waals surface area contributed by atoms with E-state index in [1.54, 1.807) is 66.5 Å². The third-order valence-electron chi connectivity index (χ3n) is 5.00. The first-order valence-electron chi connectivity index (χ1n) is 11.2. The SMILES string of the molecule is CC(=O)O[C@@H](C)CNc1nccc(-n2ccnc2-c2cccc(NC(=O)Nc3ccc(Cl)c(Cl)c3)c2)n1. The highest BCUT2D eigenvalue weighted by atomic mass is 35.5. The van der Waals surface area contributed by atoms with Crippen molar-refractivity contribution in [3.05, 3.63) is 77.2 Å². The highest BCUT2D eigenvalue weighted by molar-refractivity contribution is 6.42. The van der Waals surface area contributed by atoms with E-state index in [9.17, 15) is 9.59 Å². The maximum absolute atomic E-state index is 12.5. The Morgan fingerprint density at radius 3 is 2.54 bits per heavy atom. The van der Waals surface area contributed by atoms with E-state index in [2.05, 4.69) is 30.9 Å². The number of carbonyl (C=O) groups is 2. The van der Waals surface area contributed by atoms with Crippen LogP contribution in [-0.2, 0) is 9.53 Å². The number of hydrogen-bond donors (Lipinski definition) is 3. The molecular weight excluding hydrogens is 517 g/mol. The number of benzene rings is 2. The molecule has 3 N–H and O–H groups in total. The summed E-state index contributed by atoms with van der Waals surface area (Å²) in [6, 6.07) is 13.4. The van der Waals surface area contributed by atoms with Crippen LogP contribution in [0.2, 0.25) is 10.0 Å². The lowest BCUT2D eigenvalue weighted by atomic mass is 10.2. The fourth-order valence-electron chi connectivity index (χ4n) is 3.43. The molecule has 12 heteroatoms. The van der Waals surface area contributed by atoms with Crippen LogP contribution in [0.15, 0.2) is 67.1 Å². The molecule has 0 spiro atoms. The molecular formula is C25H23Cl2N7O3. The van der Waals surface area contributed by atoms with Gasteiger partial charge < -0.3 is 20.7 Å². The maximum atomic E-state index is 12.5. The summed E-state index contributed by atoms with van der Waals surface area (Å²) >= 11 is 11.9. The predicted molar refractivity (Wildman–Crippen MR) is 143 cm³/mol. The van der Waals surface area contributed by atoms with Crippen molar-refractivity contribution in [3.8, 4) is 17.2 Å². The summed E-state index contributed by atoms with van der Waals surface area (Å²) in [5.74, 6) is 1.23. The fourth-order valence-corrected chi connectivity index (χ4v) is 3.73. The highest BCUT2D eigenvalue weighted by Crippen LogP contribution is 2.26. The van der Waals surface area contributed by atoms with Gasteiger partial charge in [-0.25, -0.2) is 14.8 Å². The Labute approximate surface area is 223 Å². The van der Waals surface area contributed by atoms with E-state index in [-0.39, 0.29) is 12.1 Å². The third kappa shape index (κ3) is 6.96. The Morgan fingerprint density at radius 1 is 1.00 bits per heavy atom. The van der Waals surface area contributed by atoms with E-state index in [0.29, 0.717) is 45.6 Å². The molecule has 4 aromatic rings. The summed E-state index contributed by atoms with van der Waals surface area (Å²) in [6.45, 7) is 3.50. The summed E-state index contributed by atoms with van der Waals surface area (Å²) in [5.41, 5.74) is 1.83. The van der Waals surface area contributed by atoms with E-state index >= 15 is 0 Å². The van der Waals surface area contributed by atoms with Crippen LogP contribution in [0.1, 0.15) is 13.8 Å². The van der Waals surface area contributed by atoms with Crippen LogP contribution >= 0.6 is 23.2 Å². The zero-order valence-corrected chi connectivity index (χ0v) is 21.4. The number of imidazole rings is 1. The number of esters is 1. The molecule has 4 rings (SSSR count). The Balaban J connectivity index is 1.48. The monoisotopic (exact) mass is 539 g/mol. The van der Waals surface area contributed by atoms with Crippen LogP contribution < -0.4 is 16.0 Å². The van der Waals surface area contributed by atoms with Crippen molar-refractivity contribution < 1.29 is 14.3 Å². The molecule has 2 aromatic carbocycles. The van der Waals surface area contributed by atoms with Gasteiger partial charge in [0, 0.05) is 42.5 Å². The van der Waals surface area contributed by atoms with Crippen LogP contribution in [0, 0.1) is 0 Å². The topological polar surface area (TPSA) is 123 Å². The first-order valence-corrected chi connectivity index (χ1v) is 12.0. The van der Waals surface area contributed by atoms with Gasteiger partial charge in [0.2, 0.25) is 5.95 Å². The summed E-state index contributed by atoms with van der Waals surface area (Å²) in [4.78, 5) is 36.9. The number of nitrogens with zero attached hydrogens (tertiary/aromatic N) is 4. The summed E-state index contributed by atoms with van der Waals surface area (Å²) in [7, 11) is 0. The normalized spacial score (nSPS) is 11.5. The van der Waals surface area contributed by atoms with Gasteiger partial charge >= 0.3 is 12.0 Å². The van der Waals surface area contributed by atoms with Gasteiger partial charge in [-0.15, -0.1) is 0 Å². The van der Waals surface area contributed by atoms with Crippen LogP contribution in [0.25, 0.3) is 17.2 Å². The van der Waals surface area contributed by atoms with Gasteiger partial charge in [-0.1, -0.05) is 35.3 Å². The average Bonchev–Trinajstić information content (AvgIpc) is 3.35. The molecule has 10 nitrogen and oxygen atoms in total. The number of aromatic nitrogens is 4. The van der Waals surface area contributed by atoms with Gasteiger partial charge in [-0.2, -0.15) is 4.98 Å². The largest absolute Gasteiger partial charge is 0.461 e. The van der Waals surface area contributed by atoms with Crippen molar-refractivity contribution >= 4 is 52.5 Å². The van der Waals surface area contributed by atoms with Crippen LogP contribution in [0.4, 0.5) is 22.1 Å². The second kappa shape index (κ2) is 11.7. The average molecular weight is 540 g/mol. The zero-order valence-electron chi connectivity index (χ0n) is 19.9. The molecule has 0 saturated carbocycles. The highest BCUT2D eigenvalue weighted by Gasteiger charge is 2.12. The summed E-state index contributed by atoms with van der Waals surface area (Å²) in [5, 5.41) is 9.33. The van der Waals surface area contributed by atoms with E-state index in [1.807, 2.05) is 12.1 Å². The minimum atomic E-state index is -0.437. The van der Waals surface area contributed by atoms with Crippen molar-refractivity contribution in [1.29, 1.82) is 0 Å². The lowest BCUT2D eigenvalue weighted by Crippen LogP contribution is -2.23. The first-order chi connectivity index (χ1) is 17.8. The van der Waals surface area contributed by atoms with E-state index in [0.717, 1.165) is 5.56 Å². The summed E-state index contributed by atoms with van der Waals surface area (Å²) in [6.07, 6.45) is 4.72. The molecule has 0 saturated heterocycles. The second-order valence-corrected chi connectivity index (χ2v) is 8.76. The van der Waals surface area contributed by atoms with Gasteiger partial charge in [0.25, 0.3) is 0 Å². The maximum Gasteiger partial charge on any atom is 0.323 e. The lowest BCUT2D eigenvalue weighted by Gasteiger charge is -2.14. The Kier molecular flexibility index (Phi) is 8.22. The molecule has 0 bridgehead atoms. The van der Waals surface area contributed by atoms with Crippen molar-refractivity contribution in [3.63, 3.8) is 0 Å². The zero-order chi connectivity index (χ0) is 26.4. The van der Waals surface area contributed by atoms with E-state index in [4.69, 9.17) is 27.9 Å². The van der Waals surface area contributed by atoms with E-state index < -0.39 is 6.03 Å². The van der Waals surface area contributed by atoms with Gasteiger partial charge in [0.05, 0.1) is 16.6 Å². The number of ether oxygens (including phenoxy) is 1. The molecule has 0 aliphatic rings. The number of hydrogen-bond acceptors (Lipinski definition) is 7. The minimum absolute atomic E-state index is 0.335. The van der Waals surface area contributed by atoms with E-state index in [1.165, 1.54) is 6.92 Å². The van der Waals surface area contributed by atoms with Gasteiger partial charge in [-0.3, -0.25) is 9.36 Å². The standard InChI is InChI=1S/C25H23Cl2N7O3/c1-15(37-16(2)35)14-30-24-29-9-8-22(33-24)34-11-10-28-23(34)17-4-3-5-18(12-17)31-25(36)32-19-6-7-20(26)21(27)13-19/h3-13,15H,14H2,1-2H3,(H,29,30,33)(H2,31,32,36)/t15-/m0/s1. The fraction of sp³-hybridized carbons (Fsp3) is 0.160. The first kappa shape index (κ1) is 25.9. The summed E-state index contributed by atoms with van der Waals surface area (Å²) < 4.78 is 6.92. The third-order valence-corrected chi connectivity index (χ3v) is 5.74. The second-order valence-electron chi connectivity index (χ2n) is 7.95. The molecule has 2 aromatic heterocycles. The van der Waals surface area contributed by atoms with Gasteiger partial charge in [0.1, 0.15) is 17.7 Å². The molecule has 37 heavy (non-hydrogen) atoms. The number of halogens is 2. The molecule has 0 fully saturated rings. The minimum Gasteiger partial charge on any atom is -0.461 e. The molecule has 190 valence electrons. The van der Waals surface area contributed by atoms with Crippen molar-refractivity contribution in [2.24, 2.45) is 0 Å². The Bertz CT molecular complexity index is 1430. The van der Waals surface area contributed by atoms with Crippen LogP contribution in [0.5, 0.6) is 0 Å². The number of urea groups is 1. The van der Waals surface area contributed by atoms with Crippen molar-refractivity contribution in [1.82, 2.24) is 19.5 Å². The molecule has 2 amide bonds. The number of rotatable bonds is 8. The molecule has 0 unspecified atom stereocenters. The predicted octanol–water partition coefficient (Wildman–Crippen LogP) is 5.64. The van der Waals surface area contributed by atoms with Crippen molar-refractivity contribution in [2.45, 2.75) is 20.0 Å². The van der Waals surface area contributed by atoms with Crippen molar-refractivity contribution in [2.75, 3.05) is 22.5 Å². The lowest BCUT2D eigenvalue weighted by molar-refractivity contribution is -0.144. The van der Waals surface area contributed by atoms with Crippen LogP contribution in [0.3, 0.4) is 0 Å². The molecule has 0 aliphatic carbocycles. The van der Waals surface area contributed by atoms with Crippen LogP contribution in [-0.4, -0.2) is 44.2 Å². The number of anilines is 3. The number of amides is 2. The van der Waals surface area contributed by atoms with Gasteiger partial charge in [-0.05, 0) is 43.3 Å². The number of carbonyl (C=O) groups excluding carboxylic acids is 2. The molecule has 2 heterocycles. The smallest absolute Gasteiger partial charge is 0.323 e.